The smallest absolute Gasteiger partial charge is 0.325 e. The molecule has 0 aromatic carbocycles. The molecule has 2 aliphatic heterocycles. The van der Waals surface area contributed by atoms with Crippen LogP contribution in [0, 0.1) is 6.92 Å². The number of carbonyl (C=O) groups excluding carboxylic acids is 2. The molecule has 1 aromatic heterocycles. The van der Waals surface area contributed by atoms with Crippen LogP contribution < -0.4 is 16.6 Å². The molecule has 2 fully saturated rings. The fourth-order valence-electron chi connectivity index (χ4n) is 3.59. The lowest BCUT2D eigenvalue weighted by Crippen LogP contribution is -2.50. The molecular weight excluding hydrogens is 326 g/mol. The Morgan fingerprint density at radius 2 is 2.00 bits per heavy atom. The van der Waals surface area contributed by atoms with Crippen molar-refractivity contribution >= 4 is 11.9 Å². The molecule has 1 aromatic rings. The topological polar surface area (TPSA) is 118 Å². The van der Waals surface area contributed by atoms with Crippen LogP contribution in [0.2, 0.25) is 0 Å². The van der Waals surface area contributed by atoms with E-state index in [9.17, 15) is 19.2 Å². The summed E-state index contributed by atoms with van der Waals surface area (Å²) in [7, 11) is 0. The van der Waals surface area contributed by atoms with Crippen LogP contribution in [-0.4, -0.2) is 63.9 Å². The van der Waals surface area contributed by atoms with E-state index in [1.165, 1.54) is 0 Å². The second-order valence-corrected chi connectivity index (χ2v) is 6.57. The molecule has 0 radical (unpaired) electrons. The predicted molar refractivity (Wildman–Crippen MR) is 90.4 cm³/mol. The molecule has 2 saturated heterocycles. The van der Waals surface area contributed by atoms with Gasteiger partial charge in [-0.3, -0.25) is 14.6 Å². The molecule has 0 unspecified atom stereocenters. The maximum atomic E-state index is 12.5. The van der Waals surface area contributed by atoms with Gasteiger partial charge in [-0.2, -0.15) is 0 Å². The monoisotopic (exact) mass is 349 g/mol. The molecule has 0 bridgehead atoms. The summed E-state index contributed by atoms with van der Waals surface area (Å²) < 4.78 is 0. The minimum Gasteiger partial charge on any atom is -0.341 e. The summed E-state index contributed by atoms with van der Waals surface area (Å²) in [6.07, 6.45) is 2.24. The van der Waals surface area contributed by atoms with Crippen LogP contribution in [-0.2, 0) is 11.2 Å². The first-order valence-electron chi connectivity index (χ1n) is 8.60. The zero-order chi connectivity index (χ0) is 18.0. The minimum atomic E-state index is -0.541. The van der Waals surface area contributed by atoms with E-state index in [1.54, 1.807) is 16.7 Å². The summed E-state index contributed by atoms with van der Waals surface area (Å²) in [5.41, 5.74) is -0.0631. The quantitative estimate of drug-likeness (QED) is 0.667. The summed E-state index contributed by atoms with van der Waals surface area (Å²) >= 11 is 0. The van der Waals surface area contributed by atoms with E-state index in [0.717, 1.165) is 12.8 Å². The van der Waals surface area contributed by atoms with Crippen molar-refractivity contribution < 1.29 is 9.59 Å². The average Bonchev–Trinajstić information content (AvgIpc) is 3.00. The minimum absolute atomic E-state index is 0.0331. The Morgan fingerprint density at radius 1 is 1.20 bits per heavy atom. The number of rotatable bonds is 4. The Hall–Kier alpha value is -2.58. The standard InChI is InChI=1S/C16H23N5O4/c1-10-12(14(23)19-15(24)18-10)4-5-13(22)20-7-2-3-11(9-20)21-8-6-17-16(21)25/h11H,2-9H2,1H3,(H,17,25)(H2,18,19,23,24)/t11-/m0/s1. The highest BCUT2D eigenvalue weighted by molar-refractivity contribution is 5.78. The van der Waals surface area contributed by atoms with Gasteiger partial charge >= 0.3 is 11.7 Å². The second-order valence-electron chi connectivity index (χ2n) is 6.57. The molecule has 9 nitrogen and oxygen atoms in total. The molecule has 25 heavy (non-hydrogen) atoms. The van der Waals surface area contributed by atoms with Gasteiger partial charge < -0.3 is 20.1 Å². The fraction of sp³-hybridized carbons (Fsp3) is 0.625. The molecule has 0 spiro atoms. The number of carbonyl (C=O) groups is 2. The Labute approximate surface area is 144 Å². The molecule has 3 N–H and O–H groups in total. The van der Waals surface area contributed by atoms with Crippen LogP contribution in [0.15, 0.2) is 9.59 Å². The summed E-state index contributed by atoms with van der Waals surface area (Å²) in [5.74, 6) is -0.0331. The molecule has 9 heteroatoms. The van der Waals surface area contributed by atoms with Crippen molar-refractivity contribution in [2.75, 3.05) is 26.2 Å². The van der Waals surface area contributed by atoms with Gasteiger partial charge in [0, 0.05) is 43.9 Å². The first kappa shape index (κ1) is 17.2. The van der Waals surface area contributed by atoms with Gasteiger partial charge in [0.1, 0.15) is 0 Å². The number of urea groups is 1. The largest absolute Gasteiger partial charge is 0.341 e. The van der Waals surface area contributed by atoms with Gasteiger partial charge in [0.05, 0.1) is 6.04 Å². The number of hydrogen-bond acceptors (Lipinski definition) is 4. The molecular formula is C16H23N5O4. The Morgan fingerprint density at radius 3 is 2.68 bits per heavy atom. The first-order chi connectivity index (χ1) is 12.0. The van der Waals surface area contributed by atoms with Crippen LogP contribution in [0.4, 0.5) is 4.79 Å². The number of likely N-dealkylation sites (tertiary alicyclic amines) is 1. The third-order valence-electron chi connectivity index (χ3n) is 4.92. The number of nitrogens with one attached hydrogen (secondary N) is 3. The number of piperidine rings is 1. The molecule has 1 atom stereocenters. The average molecular weight is 349 g/mol. The fourth-order valence-corrected chi connectivity index (χ4v) is 3.59. The number of nitrogens with zero attached hydrogens (tertiary/aromatic N) is 2. The highest BCUT2D eigenvalue weighted by Crippen LogP contribution is 2.18. The van der Waals surface area contributed by atoms with Crippen molar-refractivity contribution in [3.05, 3.63) is 32.1 Å². The summed E-state index contributed by atoms with van der Waals surface area (Å²) in [6.45, 7) is 4.19. The van der Waals surface area contributed by atoms with Gasteiger partial charge in [0.25, 0.3) is 5.56 Å². The van der Waals surface area contributed by atoms with Gasteiger partial charge in [-0.25, -0.2) is 9.59 Å². The molecule has 3 rings (SSSR count). The van der Waals surface area contributed by atoms with Crippen LogP contribution in [0.1, 0.15) is 30.5 Å². The zero-order valence-electron chi connectivity index (χ0n) is 14.3. The SMILES string of the molecule is Cc1[nH]c(=O)[nH]c(=O)c1CCC(=O)N1CCC[C@H](N2CCNC2=O)C1. The van der Waals surface area contributed by atoms with E-state index in [1.807, 2.05) is 0 Å². The molecule has 3 heterocycles. The third-order valence-corrected chi connectivity index (χ3v) is 4.92. The van der Waals surface area contributed by atoms with E-state index in [0.29, 0.717) is 37.4 Å². The van der Waals surface area contributed by atoms with Crippen molar-refractivity contribution in [2.45, 2.75) is 38.6 Å². The lowest BCUT2D eigenvalue weighted by atomic mass is 10.0. The summed E-state index contributed by atoms with van der Waals surface area (Å²) in [4.78, 5) is 55.7. The van der Waals surface area contributed by atoms with Crippen molar-refractivity contribution in [3.63, 3.8) is 0 Å². The van der Waals surface area contributed by atoms with E-state index in [2.05, 4.69) is 15.3 Å². The molecule has 0 saturated carbocycles. The van der Waals surface area contributed by atoms with E-state index >= 15 is 0 Å². The Balaban J connectivity index is 1.60. The van der Waals surface area contributed by atoms with Gasteiger partial charge in [-0.15, -0.1) is 0 Å². The normalized spacial score (nSPS) is 20.7. The van der Waals surface area contributed by atoms with Gasteiger partial charge in [-0.05, 0) is 26.2 Å². The lowest BCUT2D eigenvalue weighted by molar-refractivity contribution is -0.133. The Bertz CT molecular complexity index is 783. The second kappa shape index (κ2) is 7.12. The number of H-pyrrole nitrogens is 2. The van der Waals surface area contributed by atoms with Crippen LogP contribution >= 0.6 is 0 Å². The summed E-state index contributed by atoms with van der Waals surface area (Å²) in [6, 6.07) is -0.00637. The first-order valence-corrected chi connectivity index (χ1v) is 8.60. The maximum absolute atomic E-state index is 12.5. The third kappa shape index (κ3) is 3.75. The maximum Gasteiger partial charge on any atom is 0.325 e. The van der Waals surface area contributed by atoms with Crippen LogP contribution in [0.5, 0.6) is 0 Å². The molecule has 3 amide bonds. The van der Waals surface area contributed by atoms with Crippen molar-refractivity contribution in [2.24, 2.45) is 0 Å². The van der Waals surface area contributed by atoms with Crippen molar-refractivity contribution in [1.29, 1.82) is 0 Å². The van der Waals surface area contributed by atoms with Crippen molar-refractivity contribution in [3.8, 4) is 0 Å². The molecule has 0 aliphatic carbocycles. The lowest BCUT2D eigenvalue weighted by Gasteiger charge is -2.37. The number of aromatic amines is 2. The highest BCUT2D eigenvalue weighted by atomic mass is 16.2. The Kier molecular flexibility index (Phi) is 4.91. The van der Waals surface area contributed by atoms with E-state index in [4.69, 9.17) is 0 Å². The van der Waals surface area contributed by atoms with E-state index < -0.39 is 11.2 Å². The number of aryl methyl sites for hydroxylation is 1. The highest BCUT2D eigenvalue weighted by Gasteiger charge is 2.32. The van der Waals surface area contributed by atoms with Crippen molar-refractivity contribution in [1.82, 2.24) is 25.1 Å². The van der Waals surface area contributed by atoms with Gasteiger partial charge in [-0.1, -0.05) is 0 Å². The molecule has 136 valence electrons. The summed E-state index contributed by atoms with van der Waals surface area (Å²) in [5, 5.41) is 2.79. The molecule has 2 aliphatic rings. The predicted octanol–water partition coefficient (Wildman–Crippen LogP) is -0.680. The van der Waals surface area contributed by atoms with Crippen LogP contribution in [0.25, 0.3) is 0 Å². The number of hydrogen-bond donors (Lipinski definition) is 3. The number of amides is 3. The van der Waals surface area contributed by atoms with E-state index in [-0.39, 0.29) is 30.8 Å². The van der Waals surface area contributed by atoms with Crippen LogP contribution in [0.3, 0.4) is 0 Å². The number of aromatic nitrogens is 2. The zero-order valence-corrected chi connectivity index (χ0v) is 14.3. The van der Waals surface area contributed by atoms with Gasteiger partial charge in [0.15, 0.2) is 0 Å². The van der Waals surface area contributed by atoms with Gasteiger partial charge in [0.2, 0.25) is 5.91 Å².